The zero-order valence-corrected chi connectivity index (χ0v) is 50.4. The number of benzene rings is 2. The van der Waals surface area contributed by atoms with Crippen molar-refractivity contribution in [2.24, 2.45) is 16.7 Å². The third-order valence-electron chi connectivity index (χ3n) is 15.0. The second kappa shape index (κ2) is 22.7. The van der Waals surface area contributed by atoms with E-state index in [0.29, 0.717) is 11.4 Å². The summed E-state index contributed by atoms with van der Waals surface area (Å²) in [5, 5.41) is 64.9. The van der Waals surface area contributed by atoms with Gasteiger partial charge >= 0.3 is 24.0 Å². The van der Waals surface area contributed by atoms with Gasteiger partial charge in [0.2, 0.25) is 5.91 Å². The van der Waals surface area contributed by atoms with Crippen LogP contribution in [0.2, 0.25) is 0 Å². The van der Waals surface area contributed by atoms with Crippen LogP contribution in [0.15, 0.2) is 96.6 Å². The minimum Gasteiger partial charge on any atom is -0.456 e. The minimum atomic E-state index is -2.47. The molecule has 0 spiro atoms. The van der Waals surface area contributed by atoms with Crippen LogP contribution in [-0.2, 0) is 51.2 Å². The van der Waals surface area contributed by atoms with Gasteiger partial charge in [0.1, 0.15) is 60.4 Å². The molecule has 11 unspecified atom stereocenters. The van der Waals surface area contributed by atoms with Crippen molar-refractivity contribution in [1.82, 2.24) is 24.4 Å². The van der Waals surface area contributed by atoms with E-state index in [1.54, 1.807) is 66.2 Å². The molecule has 4 aromatic rings. The smallest absolute Gasteiger partial charge is 0.456 e. The van der Waals surface area contributed by atoms with Crippen LogP contribution in [0.25, 0.3) is 0 Å². The van der Waals surface area contributed by atoms with Crippen molar-refractivity contribution >= 4 is 35.7 Å². The van der Waals surface area contributed by atoms with E-state index >= 15 is 4.79 Å². The van der Waals surface area contributed by atoms with Gasteiger partial charge in [0.05, 0.1) is 36.3 Å². The number of nitrogens with zero attached hydrogens (tertiary/aromatic N) is 5. The van der Waals surface area contributed by atoms with E-state index in [1.165, 1.54) is 65.3 Å². The summed E-state index contributed by atoms with van der Waals surface area (Å²) in [6.45, 7) is 7.88. The van der Waals surface area contributed by atoms with Crippen molar-refractivity contribution < 1.29 is 161 Å². The summed E-state index contributed by atoms with van der Waals surface area (Å²) in [5.74, 6) is -5.62. The predicted octanol–water partition coefficient (Wildman–Crippen LogP) is 2.84. The number of Topliss-reactive ketones (excluding diaryl/α,β-unsaturated/α-hetero) is 1. The van der Waals surface area contributed by atoms with Crippen LogP contribution in [-0.4, -0.2) is 135 Å². The number of imidazole rings is 2. The number of nitrogens with one attached hydrogen (secondary N) is 1. The number of rotatable bonds is 14. The van der Waals surface area contributed by atoms with Crippen LogP contribution in [0.3, 0.4) is 0 Å². The molecule has 12 atom stereocenters. The number of aromatic nitrogens is 4. The van der Waals surface area contributed by atoms with Crippen LogP contribution >= 0.6 is 0 Å². The third kappa shape index (κ3) is 10.8. The van der Waals surface area contributed by atoms with E-state index in [-0.39, 0.29) is 124 Å². The molecule has 3 aliphatic carbocycles. The number of ether oxygens (including phenoxy) is 5. The van der Waals surface area contributed by atoms with E-state index in [4.69, 9.17) is 23.7 Å². The summed E-state index contributed by atoms with van der Waals surface area (Å²) >= 11 is 0. The Morgan fingerprint density at radius 2 is 1.55 bits per heavy atom. The Balaban J connectivity index is 0.00000435. The first kappa shape index (κ1) is 58.3. The van der Waals surface area contributed by atoms with Gasteiger partial charge in [0.15, 0.2) is 18.0 Å². The first-order valence-electron chi connectivity index (χ1n) is 23.0. The van der Waals surface area contributed by atoms with Crippen molar-refractivity contribution in [3.05, 3.63) is 124 Å². The summed E-state index contributed by atoms with van der Waals surface area (Å²) < 4.78 is 33.0. The van der Waals surface area contributed by atoms with Gasteiger partial charge in [0, 0.05) is 132 Å². The van der Waals surface area contributed by atoms with E-state index in [2.05, 4.69) is 15.3 Å². The molecule has 22 nitrogen and oxygen atoms in total. The average Bonchev–Trinajstić information content (AvgIpc) is 3.97. The zero-order chi connectivity index (χ0) is 51.4. The molecule has 2 aromatic carbocycles. The molecule has 2 radical (unpaired) electrons. The van der Waals surface area contributed by atoms with Crippen LogP contribution in [0.4, 0.5) is 10.7 Å². The number of amides is 1. The Morgan fingerprint density at radius 1 is 0.932 bits per heavy atom. The Bertz CT molecular complexity index is 2760. The second-order valence-electron chi connectivity index (χ2n) is 19.4. The molecular weight excluding hydrogens is 1380 g/mol. The number of nitro groups is 1. The van der Waals surface area contributed by atoms with Crippen molar-refractivity contribution in [2.45, 2.75) is 127 Å². The number of hydrogen-bond donors (Lipinski definition) is 5. The molecule has 1 aliphatic heterocycles. The van der Waals surface area contributed by atoms with Crippen LogP contribution in [0.5, 0.6) is 0 Å². The zero-order valence-electron chi connectivity index (χ0n) is 40.9. The van der Waals surface area contributed by atoms with Crippen LogP contribution in [0, 0.1) is 122 Å². The summed E-state index contributed by atoms with van der Waals surface area (Å²) in [6, 6.07) is 14.5. The van der Waals surface area contributed by atoms with Crippen LogP contribution < -0.4 is 5.32 Å². The molecule has 384 valence electrons. The number of esters is 2. The number of hydrogen-bond acceptors (Lipinski definition) is 18. The molecular formula is C49H56Ac2N6O16. The number of aliphatic hydroxyl groups is 4. The number of aryl methyl sites for hydroxylation is 1. The Morgan fingerprint density at radius 3 is 2.14 bits per heavy atom. The third-order valence-corrected chi connectivity index (χ3v) is 15.0. The maximum atomic E-state index is 15.6. The van der Waals surface area contributed by atoms with E-state index in [1.807, 2.05) is 0 Å². The molecule has 24 heteroatoms. The first-order chi connectivity index (χ1) is 33.5. The van der Waals surface area contributed by atoms with Gasteiger partial charge in [-0.1, -0.05) is 67.4 Å². The van der Waals surface area contributed by atoms with E-state index < -0.39 is 130 Å². The van der Waals surface area contributed by atoms with Gasteiger partial charge in [-0.2, -0.15) is 0 Å². The molecule has 4 aliphatic rings. The molecule has 1 saturated heterocycles. The first-order valence-corrected chi connectivity index (χ1v) is 23.0. The number of ketones is 1. The van der Waals surface area contributed by atoms with Crippen molar-refractivity contribution in [3.8, 4) is 0 Å². The topological polar surface area (TPSA) is 303 Å². The van der Waals surface area contributed by atoms with Gasteiger partial charge < -0.3 is 64.1 Å². The summed E-state index contributed by atoms with van der Waals surface area (Å²) in [7, 11) is 0. The molecule has 2 bridgehead atoms. The Kier molecular flexibility index (Phi) is 18.1. The average molecular weight is 1440 g/mol. The predicted molar refractivity (Wildman–Crippen MR) is 243 cm³/mol. The molecule has 2 aromatic heterocycles. The monoisotopic (exact) mass is 1440 g/mol. The Labute approximate surface area is 490 Å². The fraction of sp³-hybridized carbons (Fsp3) is 0.490. The van der Waals surface area contributed by atoms with Gasteiger partial charge in [-0.25, -0.2) is 23.9 Å². The SMILES string of the molecule is CC(=O)NC(c1ccccc1)C(O)C(=O)OC1CC2(O)C(OC(=O)c3ccccc3)C3C4(O)COC4CC(OC(=O)OC(Cn4ccnc4C)Cn4ccnc4[N+](=O)[O-])[C@@]3(C)C(=O)C(O)C(=C1C)C2(C)C.[Ac].[Ac]. The van der Waals surface area contributed by atoms with Crippen molar-refractivity contribution in [3.63, 3.8) is 0 Å². The number of carbonyl (C=O) groups is 5. The maximum Gasteiger partial charge on any atom is 0.509 e. The van der Waals surface area contributed by atoms with E-state index in [9.17, 15) is 49.7 Å². The summed E-state index contributed by atoms with van der Waals surface area (Å²) in [4.78, 5) is 89.7. The van der Waals surface area contributed by atoms with Gasteiger partial charge in [-0.05, 0) is 54.5 Å². The van der Waals surface area contributed by atoms with Gasteiger partial charge in [-0.15, -0.1) is 0 Å². The van der Waals surface area contributed by atoms with Crippen molar-refractivity contribution in [1.29, 1.82) is 0 Å². The van der Waals surface area contributed by atoms with Gasteiger partial charge in [0.25, 0.3) is 0 Å². The molecule has 2 saturated carbocycles. The molecule has 8 rings (SSSR count). The standard InChI is InChI=1S/C49H56N6O16.2Ac/c1-26-32(69-43(61)38(58)36(52-28(3)56)29-13-9-7-10-14-29)22-49(64)41(71-42(60)30-15-11-8-12-16-30)39-47(6,40(59)37(57)35(26)46(49,4)5)33(21-34-48(39,63)25-67-34)70-45(62)68-31(23-53-19-17-50-27(53)2)24-54-20-18-51-44(54)55(65)66;;/h7-20,31-34,36-39,41,57-58,63-64H,21-25H2,1-6H3,(H,52,56);;/t31?,32?,33?,34?,36?,37?,38?,39?,41?,47-,48?,49?;;/m1../s1. The quantitative estimate of drug-likeness (QED) is 0.0399. The second-order valence-corrected chi connectivity index (χ2v) is 19.4. The summed E-state index contributed by atoms with van der Waals surface area (Å²) in [6.07, 6.45) is -8.38. The summed E-state index contributed by atoms with van der Waals surface area (Å²) in [5.41, 5.74) is -8.25. The normalized spacial score (nSPS) is 29.0. The molecule has 73 heavy (non-hydrogen) atoms. The fourth-order valence-electron chi connectivity index (χ4n) is 11.2. The number of aliphatic hydroxyl groups excluding tert-OH is 2. The van der Waals surface area contributed by atoms with E-state index in [0.717, 1.165) is 4.57 Å². The van der Waals surface area contributed by atoms with Crippen LogP contribution in [0.1, 0.15) is 75.2 Å². The molecule has 1 amide bonds. The number of fused-ring (bicyclic) bond motifs is 5. The molecule has 5 N–H and O–H groups in total. The Hall–Kier alpha value is -3.97. The van der Waals surface area contributed by atoms with Crippen molar-refractivity contribution in [2.75, 3.05) is 6.61 Å². The molecule has 3 heterocycles. The number of carbonyl (C=O) groups excluding carboxylic acids is 5. The fourth-order valence-corrected chi connectivity index (χ4v) is 11.2. The molecule has 3 fully saturated rings. The minimum absolute atomic E-state index is 0. The maximum absolute atomic E-state index is 15.6. The largest absolute Gasteiger partial charge is 0.509 e. The van der Waals surface area contributed by atoms with Gasteiger partial charge in [-0.3, -0.25) is 9.59 Å².